The van der Waals surface area contributed by atoms with Crippen molar-refractivity contribution in [3.63, 3.8) is 0 Å². The van der Waals surface area contributed by atoms with Crippen LogP contribution in [0.25, 0.3) is 0 Å². The number of nitrogens with zero attached hydrogens (tertiary/aromatic N) is 1. The molecule has 1 aliphatic heterocycles. The molecule has 0 aliphatic carbocycles. The predicted molar refractivity (Wildman–Crippen MR) is 147 cm³/mol. The number of halogens is 3. The summed E-state index contributed by atoms with van der Waals surface area (Å²) in [6, 6.07) is 21.9. The molecule has 1 fully saturated rings. The predicted octanol–water partition coefficient (Wildman–Crippen LogP) is 6.74. The summed E-state index contributed by atoms with van der Waals surface area (Å²) in [5, 5.41) is 11.2. The molecule has 1 unspecified atom stereocenters. The van der Waals surface area contributed by atoms with E-state index in [-0.39, 0.29) is 32.6 Å². The number of hydrogen-bond donors (Lipinski definition) is 1. The van der Waals surface area contributed by atoms with E-state index in [9.17, 15) is 27.9 Å². The number of rotatable bonds is 8. The van der Waals surface area contributed by atoms with Crippen molar-refractivity contribution in [2.75, 3.05) is 13.2 Å². The average molecular weight is 570 g/mol. The van der Waals surface area contributed by atoms with Crippen LogP contribution in [-0.4, -0.2) is 40.6 Å². The average Bonchev–Trinajstić information content (AvgIpc) is 2.95. The number of likely N-dealkylation sites (tertiary alicyclic amines) is 1. The maximum absolute atomic E-state index is 13.7. The molecule has 0 saturated carbocycles. The SMILES string of the molecule is CC(=O)C1(O)CC[C@@](CO[C@H](C)c2cc(C)cc(C(F)(F)F)c2)(c2ccccc2)N(C(=O)OCc2ccccc2)C1. The van der Waals surface area contributed by atoms with Gasteiger partial charge < -0.3 is 14.6 Å². The molecule has 0 aromatic heterocycles. The minimum atomic E-state index is -4.51. The van der Waals surface area contributed by atoms with Crippen molar-refractivity contribution >= 4 is 11.9 Å². The molecule has 3 aromatic carbocycles. The van der Waals surface area contributed by atoms with E-state index >= 15 is 0 Å². The number of ketones is 1. The molecule has 1 aliphatic rings. The Labute approximate surface area is 237 Å². The molecule has 0 bridgehead atoms. The molecule has 1 heterocycles. The van der Waals surface area contributed by atoms with Gasteiger partial charge in [-0.15, -0.1) is 0 Å². The molecule has 6 nitrogen and oxygen atoms in total. The second kappa shape index (κ2) is 12.0. The lowest BCUT2D eigenvalue weighted by Crippen LogP contribution is -2.64. The zero-order valence-corrected chi connectivity index (χ0v) is 23.3. The minimum Gasteiger partial charge on any atom is -0.445 e. The summed E-state index contributed by atoms with van der Waals surface area (Å²) >= 11 is 0. The smallest absolute Gasteiger partial charge is 0.416 e. The summed E-state index contributed by atoms with van der Waals surface area (Å²) in [5.74, 6) is -0.478. The molecule has 9 heteroatoms. The first kappa shape index (κ1) is 30.3. The summed E-state index contributed by atoms with van der Waals surface area (Å²) in [6.07, 6.45) is -5.80. The van der Waals surface area contributed by atoms with E-state index in [4.69, 9.17) is 9.47 Å². The Hall–Kier alpha value is -3.69. The van der Waals surface area contributed by atoms with Gasteiger partial charge in [-0.25, -0.2) is 4.79 Å². The summed E-state index contributed by atoms with van der Waals surface area (Å²) < 4.78 is 52.4. The Balaban J connectivity index is 1.69. The molecule has 41 heavy (non-hydrogen) atoms. The molecule has 3 atom stereocenters. The van der Waals surface area contributed by atoms with Crippen molar-refractivity contribution in [2.45, 2.75) is 63.6 Å². The highest BCUT2D eigenvalue weighted by Crippen LogP contribution is 2.43. The third kappa shape index (κ3) is 6.80. The normalized spacial score (nSPS) is 21.8. The van der Waals surface area contributed by atoms with E-state index in [1.54, 1.807) is 32.0 Å². The van der Waals surface area contributed by atoms with Gasteiger partial charge in [-0.3, -0.25) is 9.69 Å². The van der Waals surface area contributed by atoms with Gasteiger partial charge in [-0.1, -0.05) is 72.3 Å². The van der Waals surface area contributed by atoms with Crippen LogP contribution in [0.3, 0.4) is 0 Å². The number of Topliss-reactive ketones (excluding diaryl/α,β-unsaturated/α-hetero) is 1. The first-order valence-corrected chi connectivity index (χ1v) is 13.4. The fourth-order valence-electron chi connectivity index (χ4n) is 5.22. The Kier molecular flexibility index (Phi) is 8.89. The molecule has 218 valence electrons. The molecular weight excluding hydrogens is 535 g/mol. The van der Waals surface area contributed by atoms with Gasteiger partial charge in [-0.2, -0.15) is 13.2 Å². The van der Waals surface area contributed by atoms with Crippen molar-refractivity contribution in [3.05, 3.63) is 107 Å². The number of alkyl halides is 3. The van der Waals surface area contributed by atoms with Crippen LogP contribution in [0.15, 0.2) is 78.9 Å². The van der Waals surface area contributed by atoms with E-state index < -0.39 is 40.9 Å². The van der Waals surface area contributed by atoms with Crippen LogP contribution in [0.2, 0.25) is 0 Å². The number of aryl methyl sites for hydroxylation is 1. The minimum absolute atomic E-state index is 0.0275. The fraction of sp³-hybridized carbons (Fsp3) is 0.375. The Morgan fingerprint density at radius 1 is 1.00 bits per heavy atom. The fourth-order valence-corrected chi connectivity index (χ4v) is 5.22. The number of amides is 1. The van der Waals surface area contributed by atoms with Gasteiger partial charge in [0.15, 0.2) is 5.78 Å². The monoisotopic (exact) mass is 569 g/mol. The molecule has 3 aromatic rings. The summed E-state index contributed by atoms with van der Waals surface area (Å²) in [4.78, 5) is 27.5. The highest BCUT2D eigenvalue weighted by atomic mass is 19.4. The van der Waals surface area contributed by atoms with Gasteiger partial charge in [0.25, 0.3) is 0 Å². The largest absolute Gasteiger partial charge is 0.445 e. The van der Waals surface area contributed by atoms with Crippen LogP contribution in [-0.2, 0) is 32.6 Å². The van der Waals surface area contributed by atoms with E-state index in [0.717, 1.165) is 17.7 Å². The van der Waals surface area contributed by atoms with Crippen molar-refractivity contribution in [1.29, 1.82) is 0 Å². The number of benzene rings is 3. The molecule has 0 radical (unpaired) electrons. The van der Waals surface area contributed by atoms with E-state index in [2.05, 4.69) is 0 Å². The maximum Gasteiger partial charge on any atom is 0.416 e. The second-order valence-corrected chi connectivity index (χ2v) is 10.7. The van der Waals surface area contributed by atoms with Crippen LogP contribution in [0, 0.1) is 6.92 Å². The van der Waals surface area contributed by atoms with Gasteiger partial charge in [0.2, 0.25) is 0 Å². The van der Waals surface area contributed by atoms with Crippen molar-refractivity contribution in [1.82, 2.24) is 4.90 Å². The van der Waals surface area contributed by atoms with Crippen molar-refractivity contribution in [2.24, 2.45) is 0 Å². The first-order chi connectivity index (χ1) is 19.3. The maximum atomic E-state index is 13.7. The number of carbonyl (C=O) groups is 2. The number of aliphatic hydroxyl groups is 1. The zero-order chi connectivity index (χ0) is 29.8. The number of piperidine rings is 1. The lowest BCUT2D eigenvalue weighted by molar-refractivity contribution is -0.152. The van der Waals surface area contributed by atoms with Gasteiger partial charge in [0.05, 0.1) is 30.4 Å². The van der Waals surface area contributed by atoms with Crippen LogP contribution in [0.4, 0.5) is 18.0 Å². The zero-order valence-electron chi connectivity index (χ0n) is 23.3. The van der Waals surface area contributed by atoms with Gasteiger partial charge >= 0.3 is 12.3 Å². The third-order valence-corrected chi connectivity index (χ3v) is 7.75. The van der Waals surface area contributed by atoms with Crippen LogP contribution in [0.1, 0.15) is 60.6 Å². The molecule has 1 amide bonds. The van der Waals surface area contributed by atoms with E-state index in [1.807, 2.05) is 48.5 Å². The molecule has 4 rings (SSSR count). The lowest BCUT2D eigenvalue weighted by atomic mass is 9.75. The quantitative estimate of drug-likeness (QED) is 0.325. The number of hydrogen-bond acceptors (Lipinski definition) is 5. The molecular formula is C32H34F3NO5. The van der Waals surface area contributed by atoms with Crippen molar-refractivity contribution < 1.29 is 37.3 Å². The van der Waals surface area contributed by atoms with Crippen LogP contribution in [0.5, 0.6) is 0 Å². The number of ether oxygens (including phenoxy) is 2. The van der Waals surface area contributed by atoms with E-state index in [1.165, 1.54) is 11.8 Å². The highest BCUT2D eigenvalue weighted by Gasteiger charge is 2.53. The third-order valence-electron chi connectivity index (χ3n) is 7.75. The first-order valence-electron chi connectivity index (χ1n) is 13.4. The van der Waals surface area contributed by atoms with Gasteiger partial charge in [0, 0.05) is 0 Å². The summed E-state index contributed by atoms with van der Waals surface area (Å²) in [5.41, 5.74) is -1.48. The topological polar surface area (TPSA) is 76.1 Å². The number of carbonyl (C=O) groups excluding carboxylic acids is 2. The van der Waals surface area contributed by atoms with Crippen LogP contribution < -0.4 is 0 Å². The molecule has 0 spiro atoms. The number of β-amino-alcohol motifs (C(OH)–C–C–N with tert-alkyl or cyclic N) is 1. The standard InChI is InChI=1S/C32H34F3NO5/c1-22-16-26(18-28(17-22)32(33,34)35)23(2)41-21-30(27-12-8-5-9-13-27)14-15-31(39,24(3)37)20-36(30)29(38)40-19-25-10-6-4-7-11-25/h4-13,16-18,23,39H,14-15,19-21H2,1-3H3/t23-,30-,31?/m1/s1. The molecule has 1 saturated heterocycles. The Bertz CT molecular complexity index is 1360. The Morgan fingerprint density at radius 2 is 1.63 bits per heavy atom. The van der Waals surface area contributed by atoms with Crippen molar-refractivity contribution in [3.8, 4) is 0 Å². The van der Waals surface area contributed by atoms with E-state index in [0.29, 0.717) is 16.7 Å². The van der Waals surface area contributed by atoms with Crippen LogP contribution >= 0.6 is 0 Å². The second-order valence-electron chi connectivity index (χ2n) is 10.7. The Morgan fingerprint density at radius 3 is 2.24 bits per heavy atom. The highest BCUT2D eigenvalue weighted by molar-refractivity contribution is 5.86. The van der Waals surface area contributed by atoms with Gasteiger partial charge in [0.1, 0.15) is 12.2 Å². The summed E-state index contributed by atoms with van der Waals surface area (Å²) in [6.45, 7) is 4.05. The summed E-state index contributed by atoms with van der Waals surface area (Å²) in [7, 11) is 0. The lowest BCUT2D eigenvalue weighted by Gasteiger charge is -2.51. The molecule has 1 N–H and O–H groups in total. The van der Waals surface area contributed by atoms with Gasteiger partial charge in [-0.05, 0) is 62.4 Å².